The van der Waals surface area contributed by atoms with E-state index in [1.807, 2.05) is 26.8 Å². The van der Waals surface area contributed by atoms with Gasteiger partial charge < -0.3 is 14.8 Å². The van der Waals surface area contributed by atoms with Crippen molar-refractivity contribution < 1.29 is 14.3 Å². The number of rotatable bonds is 3. The summed E-state index contributed by atoms with van der Waals surface area (Å²) in [5, 5.41) is 3.06. The molecule has 0 aliphatic carbocycles. The Kier molecular flexibility index (Phi) is 4.34. The third kappa shape index (κ3) is 3.85. The van der Waals surface area contributed by atoms with Crippen LogP contribution in [0.5, 0.6) is 0 Å². The number of amides is 1. The summed E-state index contributed by atoms with van der Waals surface area (Å²) in [6, 6.07) is 10.5. The Labute approximate surface area is 137 Å². The van der Waals surface area contributed by atoms with E-state index in [1.54, 1.807) is 0 Å². The van der Waals surface area contributed by atoms with E-state index in [4.69, 9.17) is 9.47 Å². The number of carbonyl (C=O) groups excluding carboxylic acids is 1. The molecule has 1 amide bonds. The van der Waals surface area contributed by atoms with Crippen molar-refractivity contribution in [3.63, 3.8) is 0 Å². The molecule has 1 unspecified atom stereocenters. The molecule has 0 radical (unpaired) electrons. The molecule has 0 saturated carbocycles. The zero-order chi connectivity index (χ0) is 16.5. The predicted octanol–water partition coefficient (Wildman–Crippen LogP) is 2.41. The van der Waals surface area contributed by atoms with Gasteiger partial charge in [0, 0.05) is 19.6 Å². The molecular weight excluding hydrogens is 292 g/mol. The molecular formula is C18H26N2O3. The minimum absolute atomic E-state index is 0.0334. The third-order valence-corrected chi connectivity index (χ3v) is 4.44. The average Bonchev–Trinajstić information content (AvgIpc) is 2.76. The van der Waals surface area contributed by atoms with Crippen LogP contribution in [0.2, 0.25) is 0 Å². The van der Waals surface area contributed by atoms with E-state index in [2.05, 4.69) is 34.5 Å². The predicted molar refractivity (Wildman–Crippen MR) is 88.1 cm³/mol. The molecule has 2 aliphatic rings. The summed E-state index contributed by atoms with van der Waals surface area (Å²) >= 11 is 0. The van der Waals surface area contributed by atoms with Crippen molar-refractivity contribution in [2.75, 3.05) is 26.3 Å². The first-order valence-corrected chi connectivity index (χ1v) is 8.20. The van der Waals surface area contributed by atoms with Gasteiger partial charge in [0.05, 0.1) is 24.7 Å². The van der Waals surface area contributed by atoms with Crippen LogP contribution in [0.15, 0.2) is 30.3 Å². The van der Waals surface area contributed by atoms with Gasteiger partial charge in [-0.2, -0.15) is 0 Å². The summed E-state index contributed by atoms with van der Waals surface area (Å²) in [5.41, 5.74) is 0.849. The Bertz CT molecular complexity index is 549. The smallest absolute Gasteiger partial charge is 0.407 e. The molecule has 126 valence electrons. The molecule has 1 N–H and O–H groups in total. The first-order chi connectivity index (χ1) is 10.9. The standard InChI is InChI=1S/C18H26N2O3/c1-17(2,3)23-16(21)19-15-10-20(11-18(15)12-22-13-18)9-14-7-5-4-6-8-14/h4-8,15H,9-13H2,1-3H3,(H,19,21). The van der Waals surface area contributed by atoms with Crippen molar-refractivity contribution in [1.82, 2.24) is 10.2 Å². The Balaban J connectivity index is 1.62. The minimum Gasteiger partial charge on any atom is -0.444 e. The Morgan fingerprint density at radius 2 is 2.04 bits per heavy atom. The highest BCUT2D eigenvalue weighted by molar-refractivity contribution is 5.68. The van der Waals surface area contributed by atoms with Gasteiger partial charge in [-0.25, -0.2) is 4.79 Å². The lowest BCUT2D eigenvalue weighted by Crippen LogP contribution is -2.58. The fourth-order valence-electron chi connectivity index (χ4n) is 3.34. The van der Waals surface area contributed by atoms with Gasteiger partial charge in [0.1, 0.15) is 5.60 Å². The fraction of sp³-hybridized carbons (Fsp3) is 0.611. The van der Waals surface area contributed by atoms with Gasteiger partial charge in [0.25, 0.3) is 0 Å². The zero-order valence-electron chi connectivity index (χ0n) is 14.2. The highest BCUT2D eigenvalue weighted by Gasteiger charge is 2.52. The number of nitrogens with zero attached hydrogens (tertiary/aromatic N) is 1. The van der Waals surface area contributed by atoms with E-state index in [0.717, 1.165) is 19.6 Å². The second-order valence-electron chi connectivity index (χ2n) is 7.71. The van der Waals surface area contributed by atoms with Crippen LogP contribution in [-0.4, -0.2) is 48.9 Å². The summed E-state index contributed by atoms with van der Waals surface area (Å²) in [5.74, 6) is 0. The molecule has 1 atom stereocenters. The number of hydrogen-bond donors (Lipinski definition) is 1. The summed E-state index contributed by atoms with van der Waals surface area (Å²) in [7, 11) is 0. The lowest BCUT2D eigenvalue weighted by molar-refractivity contribution is -0.116. The van der Waals surface area contributed by atoms with Gasteiger partial charge >= 0.3 is 6.09 Å². The molecule has 5 nitrogen and oxygen atoms in total. The van der Waals surface area contributed by atoms with Crippen LogP contribution in [-0.2, 0) is 16.0 Å². The molecule has 3 rings (SSSR count). The second-order valence-corrected chi connectivity index (χ2v) is 7.71. The van der Waals surface area contributed by atoms with Crippen molar-refractivity contribution in [3.05, 3.63) is 35.9 Å². The van der Waals surface area contributed by atoms with Gasteiger partial charge in [-0.05, 0) is 26.3 Å². The van der Waals surface area contributed by atoms with E-state index in [0.29, 0.717) is 13.2 Å². The Hall–Kier alpha value is -1.59. The maximum Gasteiger partial charge on any atom is 0.407 e. The summed E-state index contributed by atoms with van der Waals surface area (Å²) in [4.78, 5) is 14.5. The number of carbonyl (C=O) groups is 1. The average molecular weight is 318 g/mol. The van der Waals surface area contributed by atoms with Crippen molar-refractivity contribution in [2.24, 2.45) is 5.41 Å². The highest BCUT2D eigenvalue weighted by Crippen LogP contribution is 2.38. The normalized spacial score (nSPS) is 23.5. The van der Waals surface area contributed by atoms with Crippen molar-refractivity contribution in [3.8, 4) is 0 Å². The van der Waals surface area contributed by atoms with Gasteiger partial charge in [-0.3, -0.25) is 4.90 Å². The lowest BCUT2D eigenvalue weighted by atomic mass is 9.81. The molecule has 2 fully saturated rings. The van der Waals surface area contributed by atoms with Crippen LogP contribution in [0.1, 0.15) is 26.3 Å². The van der Waals surface area contributed by atoms with Crippen LogP contribution in [0.4, 0.5) is 4.79 Å². The van der Waals surface area contributed by atoms with Crippen LogP contribution in [0.3, 0.4) is 0 Å². The molecule has 2 heterocycles. The first kappa shape index (κ1) is 16.3. The number of ether oxygens (including phenoxy) is 2. The number of hydrogen-bond acceptors (Lipinski definition) is 4. The SMILES string of the molecule is CC(C)(C)OC(=O)NC1CN(Cc2ccccc2)CC12COC2. The second kappa shape index (κ2) is 6.13. The zero-order valence-corrected chi connectivity index (χ0v) is 14.2. The molecule has 23 heavy (non-hydrogen) atoms. The quantitative estimate of drug-likeness (QED) is 0.930. The molecule has 0 aromatic heterocycles. The largest absolute Gasteiger partial charge is 0.444 e. The van der Waals surface area contributed by atoms with E-state index in [9.17, 15) is 4.79 Å². The Morgan fingerprint density at radius 1 is 1.35 bits per heavy atom. The minimum atomic E-state index is -0.476. The van der Waals surface area contributed by atoms with Gasteiger partial charge in [-0.15, -0.1) is 0 Å². The number of benzene rings is 1. The highest BCUT2D eigenvalue weighted by atomic mass is 16.6. The van der Waals surface area contributed by atoms with E-state index >= 15 is 0 Å². The topological polar surface area (TPSA) is 50.8 Å². The van der Waals surface area contributed by atoms with E-state index in [-0.39, 0.29) is 17.6 Å². The maximum atomic E-state index is 12.1. The first-order valence-electron chi connectivity index (χ1n) is 8.20. The molecule has 5 heteroatoms. The summed E-state index contributed by atoms with van der Waals surface area (Å²) < 4.78 is 10.9. The van der Waals surface area contributed by atoms with Crippen LogP contribution >= 0.6 is 0 Å². The molecule has 2 saturated heterocycles. The van der Waals surface area contributed by atoms with Crippen molar-refractivity contribution in [1.29, 1.82) is 0 Å². The third-order valence-electron chi connectivity index (χ3n) is 4.44. The lowest BCUT2D eigenvalue weighted by Gasteiger charge is -2.42. The molecule has 0 bridgehead atoms. The van der Waals surface area contributed by atoms with Crippen LogP contribution in [0, 0.1) is 5.41 Å². The van der Waals surface area contributed by atoms with Gasteiger partial charge in [0.2, 0.25) is 0 Å². The molecule has 1 aromatic carbocycles. The number of alkyl carbamates (subject to hydrolysis) is 1. The van der Waals surface area contributed by atoms with Crippen molar-refractivity contribution >= 4 is 6.09 Å². The fourth-order valence-corrected chi connectivity index (χ4v) is 3.34. The van der Waals surface area contributed by atoms with E-state index < -0.39 is 5.60 Å². The number of likely N-dealkylation sites (tertiary alicyclic amines) is 1. The van der Waals surface area contributed by atoms with Gasteiger partial charge in [0.15, 0.2) is 0 Å². The van der Waals surface area contributed by atoms with Crippen molar-refractivity contribution in [2.45, 2.75) is 39.0 Å². The van der Waals surface area contributed by atoms with Crippen LogP contribution in [0.25, 0.3) is 0 Å². The maximum absolute atomic E-state index is 12.1. The van der Waals surface area contributed by atoms with Crippen LogP contribution < -0.4 is 5.32 Å². The Morgan fingerprint density at radius 3 is 2.61 bits per heavy atom. The monoisotopic (exact) mass is 318 g/mol. The summed E-state index contributed by atoms with van der Waals surface area (Å²) in [6.45, 7) is 9.73. The molecule has 1 spiro atoms. The van der Waals surface area contributed by atoms with E-state index in [1.165, 1.54) is 5.56 Å². The van der Waals surface area contributed by atoms with Gasteiger partial charge in [-0.1, -0.05) is 30.3 Å². The summed E-state index contributed by atoms with van der Waals surface area (Å²) in [6.07, 6.45) is -0.338. The molecule has 1 aromatic rings. The number of nitrogens with one attached hydrogen (secondary N) is 1. The molecule has 2 aliphatic heterocycles.